The summed E-state index contributed by atoms with van der Waals surface area (Å²) in [5, 5.41) is 7.16. The fourth-order valence-electron chi connectivity index (χ4n) is 2.25. The monoisotopic (exact) mass is 368 g/mol. The molecule has 0 aliphatic heterocycles. The van der Waals surface area contributed by atoms with E-state index in [1.165, 1.54) is 4.90 Å². The second-order valence-corrected chi connectivity index (χ2v) is 6.30. The molecule has 1 atom stereocenters. The number of halogens is 2. The number of likely N-dealkylation sites (N-methyl/N-ethyl adjacent to an activating group) is 1. The maximum atomic E-state index is 12.4. The summed E-state index contributed by atoms with van der Waals surface area (Å²) in [6, 6.07) is 4.08. The van der Waals surface area contributed by atoms with Gasteiger partial charge in [0.1, 0.15) is 6.04 Å². The van der Waals surface area contributed by atoms with Gasteiger partial charge in [-0.25, -0.2) is 0 Å². The van der Waals surface area contributed by atoms with E-state index in [-0.39, 0.29) is 21.5 Å². The number of aryl methyl sites for hydroxylation is 1. The first kappa shape index (κ1) is 18.3. The van der Waals surface area contributed by atoms with Gasteiger partial charge in [-0.2, -0.15) is 5.10 Å². The molecule has 24 heavy (non-hydrogen) atoms. The lowest BCUT2D eigenvalue weighted by Gasteiger charge is -2.21. The number of nitrogens with zero attached hydrogens (tertiary/aromatic N) is 3. The van der Waals surface area contributed by atoms with E-state index in [9.17, 15) is 9.59 Å². The summed E-state index contributed by atoms with van der Waals surface area (Å²) in [6.45, 7) is 2.03. The van der Waals surface area contributed by atoms with Crippen LogP contribution in [0.15, 0.2) is 30.6 Å². The van der Waals surface area contributed by atoms with Gasteiger partial charge in [0.05, 0.1) is 21.8 Å². The van der Waals surface area contributed by atoms with E-state index in [1.807, 2.05) is 13.2 Å². The van der Waals surface area contributed by atoms with Crippen molar-refractivity contribution in [3.63, 3.8) is 0 Å². The van der Waals surface area contributed by atoms with Crippen LogP contribution >= 0.6 is 23.2 Å². The number of amides is 2. The maximum Gasteiger partial charge on any atom is 0.253 e. The number of aromatic nitrogens is 2. The third-order valence-electron chi connectivity index (χ3n) is 3.47. The molecule has 1 N–H and O–H groups in total. The lowest BCUT2D eigenvalue weighted by Crippen LogP contribution is -2.45. The number of hydrogen-bond donors (Lipinski definition) is 1. The number of benzene rings is 1. The lowest BCUT2D eigenvalue weighted by molar-refractivity contribution is -0.132. The molecule has 6 nitrogen and oxygen atoms in total. The zero-order chi connectivity index (χ0) is 17.9. The van der Waals surface area contributed by atoms with Gasteiger partial charge in [0.15, 0.2) is 0 Å². The van der Waals surface area contributed by atoms with Crippen LogP contribution in [-0.2, 0) is 18.4 Å². The summed E-state index contributed by atoms with van der Waals surface area (Å²) in [6.07, 6.45) is 3.53. The molecule has 1 heterocycles. The molecule has 2 rings (SSSR count). The molecule has 8 heteroatoms. The van der Waals surface area contributed by atoms with E-state index >= 15 is 0 Å². The Morgan fingerprint density at radius 1 is 1.38 bits per heavy atom. The second kappa shape index (κ2) is 7.68. The minimum Gasteiger partial charge on any atom is -0.340 e. The van der Waals surface area contributed by atoms with E-state index in [0.29, 0.717) is 6.54 Å². The molecule has 2 amide bonds. The van der Waals surface area contributed by atoms with Crippen LogP contribution in [-0.4, -0.2) is 39.6 Å². The van der Waals surface area contributed by atoms with Gasteiger partial charge in [-0.05, 0) is 19.1 Å². The Morgan fingerprint density at radius 3 is 2.71 bits per heavy atom. The van der Waals surface area contributed by atoms with Crippen LogP contribution in [0.4, 0.5) is 0 Å². The third-order valence-corrected chi connectivity index (χ3v) is 4.29. The molecule has 1 aromatic carbocycles. The van der Waals surface area contributed by atoms with Gasteiger partial charge in [0.2, 0.25) is 5.91 Å². The van der Waals surface area contributed by atoms with Gasteiger partial charge in [-0.3, -0.25) is 14.3 Å². The first-order chi connectivity index (χ1) is 11.3. The Kier molecular flexibility index (Phi) is 5.85. The van der Waals surface area contributed by atoms with Gasteiger partial charge in [-0.15, -0.1) is 0 Å². The standard InChI is InChI=1S/C16H18Cl2N4O2/c1-10(16(24)21(2)8-11-7-19-22(3)9-11)20-15(23)12-5-4-6-13(17)14(12)18/h4-7,9-10H,8H2,1-3H3,(H,20,23). The highest BCUT2D eigenvalue weighted by Gasteiger charge is 2.22. The fraction of sp³-hybridized carbons (Fsp3) is 0.312. The van der Waals surface area contributed by atoms with E-state index in [1.54, 1.807) is 43.0 Å². The molecule has 0 bridgehead atoms. The van der Waals surface area contributed by atoms with Crippen molar-refractivity contribution < 1.29 is 9.59 Å². The highest BCUT2D eigenvalue weighted by molar-refractivity contribution is 6.43. The van der Waals surface area contributed by atoms with Crippen LogP contribution in [0.2, 0.25) is 10.0 Å². The Bertz CT molecular complexity index is 760. The molecular formula is C16H18Cl2N4O2. The molecular weight excluding hydrogens is 351 g/mol. The van der Waals surface area contributed by atoms with E-state index in [4.69, 9.17) is 23.2 Å². The highest BCUT2D eigenvalue weighted by Crippen LogP contribution is 2.25. The Morgan fingerprint density at radius 2 is 2.08 bits per heavy atom. The summed E-state index contributed by atoms with van der Waals surface area (Å²) >= 11 is 11.9. The molecule has 2 aromatic rings. The lowest BCUT2D eigenvalue weighted by atomic mass is 10.2. The van der Waals surface area contributed by atoms with Crippen molar-refractivity contribution in [3.8, 4) is 0 Å². The van der Waals surface area contributed by atoms with Gasteiger partial charge in [-0.1, -0.05) is 29.3 Å². The Hall–Kier alpha value is -2.05. The van der Waals surface area contributed by atoms with Gasteiger partial charge in [0, 0.05) is 32.4 Å². The quantitative estimate of drug-likeness (QED) is 0.881. The molecule has 1 aromatic heterocycles. The fourth-order valence-corrected chi connectivity index (χ4v) is 2.64. The van der Waals surface area contributed by atoms with Gasteiger partial charge < -0.3 is 10.2 Å². The number of carbonyl (C=O) groups excluding carboxylic acids is 2. The second-order valence-electron chi connectivity index (χ2n) is 5.51. The summed E-state index contributed by atoms with van der Waals surface area (Å²) < 4.78 is 1.67. The Balaban J connectivity index is 2.00. The van der Waals surface area contributed by atoms with Crippen molar-refractivity contribution >= 4 is 35.0 Å². The number of rotatable bonds is 5. The van der Waals surface area contributed by atoms with Crippen LogP contribution in [0, 0.1) is 0 Å². The van der Waals surface area contributed by atoms with Crippen LogP contribution < -0.4 is 5.32 Å². The maximum absolute atomic E-state index is 12.4. The topological polar surface area (TPSA) is 67.2 Å². The number of nitrogens with one attached hydrogen (secondary N) is 1. The van der Waals surface area contributed by atoms with Gasteiger partial charge in [0.25, 0.3) is 5.91 Å². The first-order valence-electron chi connectivity index (χ1n) is 7.27. The first-order valence-corrected chi connectivity index (χ1v) is 8.02. The molecule has 0 saturated heterocycles. The van der Waals surface area contributed by atoms with Crippen LogP contribution in [0.25, 0.3) is 0 Å². The minimum absolute atomic E-state index is 0.167. The molecule has 0 fully saturated rings. The number of carbonyl (C=O) groups is 2. The van der Waals surface area contributed by atoms with Crippen LogP contribution in [0.3, 0.4) is 0 Å². The highest BCUT2D eigenvalue weighted by atomic mass is 35.5. The summed E-state index contributed by atoms with van der Waals surface area (Å²) in [4.78, 5) is 26.2. The number of hydrogen-bond acceptors (Lipinski definition) is 3. The zero-order valence-corrected chi connectivity index (χ0v) is 15.1. The summed E-state index contributed by atoms with van der Waals surface area (Å²) in [5.74, 6) is -0.663. The van der Waals surface area contributed by atoms with Gasteiger partial charge >= 0.3 is 0 Å². The Labute approximate surface area is 150 Å². The largest absolute Gasteiger partial charge is 0.340 e. The van der Waals surface area contributed by atoms with Crippen molar-refractivity contribution in [2.24, 2.45) is 7.05 Å². The van der Waals surface area contributed by atoms with Crippen molar-refractivity contribution in [2.75, 3.05) is 7.05 Å². The summed E-state index contributed by atoms with van der Waals surface area (Å²) in [5.41, 5.74) is 1.14. The molecule has 0 saturated carbocycles. The molecule has 0 spiro atoms. The average molecular weight is 369 g/mol. The van der Waals surface area contributed by atoms with Crippen molar-refractivity contribution in [2.45, 2.75) is 19.5 Å². The SMILES string of the molecule is CC(NC(=O)c1cccc(Cl)c1Cl)C(=O)N(C)Cc1cnn(C)c1. The van der Waals surface area contributed by atoms with E-state index in [0.717, 1.165) is 5.56 Å². The molecule has 1 unspecified atom stereocenters. The van der Waals surface area contributed by atoms with Crippen molar-refractivity contribution in [1.29, 1.82) is 0 Å². The predicted octanol–water partition coefficient (Wildman–Crippen LogP) is 2.50. The third kappa shape index (κ3) is 4.27. The predicted molar refractivity (Wildman–Crippen MR) is 93.1 cm³/mol. The molecule has 0 radical (unpaired) electrons. The normalized spacial score (nSPS) is 11.9. The van der Waals surface area contributed by atoms with E-state index < -0.39 is 11.9 Å². The van der Waals surface area contributed by atoms with E-state index in [2.05, 4.69) is 10.4 Å². The minimum atomic E-state index is -0.700. The average Bonchev–Trinajstić information content (AvgIpc) is 2.93. The summed E-state index contributed by atoms with van der Waals surface area (Å²) in [7, 11) is 3.48. The smallest absolute Gasteiger partial charge is 0.253 e. The zero-order valence-electron chi connectivity index (χ0n) is 13.6. The van der Waals surface area contributed by atoms with Crippen LogP contribution in [0.5, 0.6) is 0 Å². The van der Waals surface area contributed by atoms with Crippen molar-refractivity contribution in [1.82, 2.24) is 20.0 Å². The van der Waals surface area contributed by atoms with Crippen molar-refractivity contribution in [3.05, 3.63) is 51.8 Å². The molecule has 128 valence electrons. The van der Waals surface area contributed by atoms with Crippen LogP contribution in [0.1, 0.15) is 22.8 Å². The molecule has 0 aliphatic carbocycles. The molecule has 0 aliphatic rings.